The second-order valence-electron chi connectivity index (χ2n) is 3.88. The topological polar surface area (TPSA) is 55.4 Å². The largest absolute Gasteiger partial charge is 0.495 e. The molecule has 4 nitrogen and oxygen atoms in total. The Hall–Kier alpha value is -1.60. The summed E-state index contributed by atoms with van der Waals surface area (Å²) in [5.41, 5.74) is 0.290. The summed E-state index contributed by atoms with van der Waals surface area (Å²) in [6, 6.07) is 10.2. The first-order valence-electron chi connectivity index (χ1n) is 5.55. The molecule has 0 aliphatic rings. The molecule has 0 atom stereocenters. The van der Waals surface area contributed by atoms with Crippen molar-refractivity contribution in [2.24, 2.45) is 0 Å². The Bertz CT molecular complexity index is 734. The van der Waals surface area contributed by atoms with Gasteiger partial charge in [0.25, 0.3) is 10.0 Å². The van der Waals surface area contributed by atoms with Gasteiger partial charge in [0.05, 0.1) is 22.2 Å². The summed E-state index contributed by atoms with van der Waals surface area (Å²) < 4.78 is 45.4. The van der Waals surface area contributed by atoms with Crippen molar-refractivity contribution in [3.8, 4) is 5.75 Å². The predicted molar refractivity (Wildman–Crippen MR) is 77.9 cm³/mol. The zero-order chi connectivity index (χ0) is 14.8. The minimum atomic E-state index is -3.88. The normalized spacial score (nSPS) is 11.2. The molecule has 2 aromatic carbocycles. The van der Waals surface area contributed by atoms with Gasteiger partial charge in [-0.3, -0.25) is 4.72 Å². The molecule has 0 bridgehead atoms. The summed E-state index contributed by atoms with van der Waals surface area (Å²) in [5, 5.41) is 0. The van der Waals surface area contributed by atoms with Crippen molar-refractivity contribution in [2.45, 2.75) is 4.90 Å². The quantitative estimate of drug-likeness (QED) is 0.909. The van der Waals surface area contributed by atoms with Gasteiger partial charge in [-0.15, -0.1) is 0 Å². The molecule has 0 fully saturated rings. The molecule has 0 spiro atoms. The third kappa shape index (κ3) is 3.10. The van der Waals surface area contributed by atoms with Crippen molar-refractivity contribution in [2.75, 3.05) is 11.8 Å². The Kier molecular flexibility index (Phi) is 4.29. The minimum absolute atomic E-state index is 0.163. The highest BCUT2D eigenvalue weighted by molar-refractivity contribution is 9.10. The molecule has 1 N–H and O–H groups in total. The number of methoxy groups -OCH3 is 1. The summed E-state index contributed by atoms with van der Waals surface area (Å²) in [6.07, 6.45) is 0. The van der Waals surface area contributed by atoms with Crippen LogP contribution in [0.5, 0.6) is 5.75 Å². The first-order chi connectivity index (χ1) is 9.44. The lowest BCUT2D eigenvalue weighted by molar-refractivity contribution is 0.417. The molecule has 0 heterocycles. The van der Waals surface area contributed by atoms with Crippen LogP contribution in [-0.2, 0) is 10.0 Å². The number of hydrogen-bond donors (Lipinski definition) is 1. The number of halogens is 2. The fourth-order valence-electron chi connectivity index (χ4n) is 1.58. The van der Waals surface area contributed by atoms with Crippen molar-refractivity contribution in [1.82, 2.24) is 0 Å². The zero-order valence-corrected chi connectivity index (χ0v) is 12.8. The van der Waals surface area contributed by atoms with E-state index in [2.05, 4.69) is 20.7 Å². The Morgan fingerprint density at radius 3 is 2.55 bits per heavy atom. The molecule has 0 radical (unpaired) electrons. The summed E-state index contributed by atoms with van der Waals surface area (Å²) in [5.74, 6) is -0.262. The van der Waals surface area contributed by atoms with Crippen molar-refractivity contribution in [3.63, 3.8) is 0 Å². The van der Waals surface area contributed by atoms with Gasteiger partial charge in [0.2, 0.25) is 0 Å². The van der Waals surface area contributed by atoms with Crippen LogP contribution in [-0.4, -0.2) is 15.5 Å². The minimum Gasteiger partial charge on any atom is -0.495 e. The first-order valence-corrected chi connectivity index (χ1v) is 7.82. The van der Waals surface area contributed by atoms with Gasteiger partial charge in [-0.2, -0.15) is 0 Å². The van der Waals surface area contributed by atoms with Gasteiger partial charge in [-0.1, -0.05) is 12.1 Å². The number of sulfonamides is 1. The maximum atomic E-state index is 13.4. The number of rotatable bonds is 4. The fraction of sp³-hybridized carbons (Fsp3) is 0.0769. The second kappa shape index (κ2) is 5.80. The molecule has 0 saturated heterocycles. The van der Waals surface area contributed by atoms with Gasteiger partial charge in [-0.05, 0) is 46.3 Å². The molecule has 106 valence electrons. The molecule has 0 aliphatic heterocycles. The lowest BCUT2D eigenvalue weighted by Gasteiger charge is -2.11. The van der Waals surface area contributed by atoms with Crippen molar-refractivity contribution < 1.29 is 17.5 Å². The molecule has 0 amide bonds. The third-order valence-corrected chi connectivity index (χ3v) is 4.56. The van der Waals surface area contributed by atoms with Crippen molar-refractivity contribution in [1.29, 1.82) is 0 Å². The average molecular weight is 360 g/mol. The van der Waals surface area contributed by atoms with Crippen LogP contribution >= 0.6 is 15.9 Å². The third-order valence-electron chi connectivity index (χ3n) is 2.55. The van der Waals surface area contributed by atoms with Crippen LogP contribution in [0.1, 0.15) is 0 Å². The molecule has 2 rings (SSSR count). The molecule has 0 unspecified atom stereocenters. The Morgan fingerprint density at radius 2 is 1.90 bits per heavy atom. The number of nitrogens with one attached hydrogen (secondary N) is 1. The smallest absolute Gasteiger partial charge is 0.262 e. The van der Waals surface area contributed by atoms with Crippen LogP contribution in [0, 0.1) is 5.82 Å². The summed E-state index contributed by atoms with van der Waals surface area (Å²) >= 11 is 2.98. The van der Waals surface area contributed by atoms with Gasteiger partial charge in [-0.25, -0.2) is 12.8 Å². The van der Waals surface area contributed by atoms with E-state index in [9.17, 15) is 12.8 Å². The highest BCUT2D eigenvalue weighted by Gasteiger charge is 2.17. The van der Waals surface area contributed by atoms with Gasteiger partial charge < -0.3 is 4.74 Å². The highest BCUT2D eigenvalue weighted by Crippen LogP contribution is 2.27. The summed E-state index contributed by atoms with van der Waals surface area (Å²) in [7, 11) is -2.44. The molecule has 0 aliphatic carbocycles. The molecule has 7 heteroatoms. The monoisotopic (exact) mass is 359 g/mol. The van der Waals surface area contributed by atoms with Crippen LogP contribution in [0.25, 0.3) is 0 Å². The Balaban J connectivity index is 2.38. The van der Waals surface area contributed by atoms with Gasteiger partial charge in [0, 0.05) is 0 Å². The predicted octanol–water partition coefficient (Wildman–Crippen LogP) is 3.40. The van der Waals surface area contributed by atoms with Crippen LogP contribution in [0.4, 0.5) is 10.1 Å². The SMILES string of the molecule is COc1ccccc1NS(=O)(=O)c1ccc(Br)c(F)c1. The van der Waals surface area contributed by atoms with E-state index >= 15 is 0 Å². The van der Waals surface area contributed by atoms with E-state index in [4.69, 9.17) is 4.74 Å². The molecular formula is C13H11BrFNO3S. The highest BCUT2D eigenvalue weighted by atomic mass is 79.9. The maximum absolute atomic E-state index is 13.4. The number of anilines is 1. The Morgan fingerprint density at radius 1 is 1.20 bits per heavy atom. The van der Waals surface area contributed by atoms with E-state index in [1.165, 1.54) is 19.2 Å². The fourth-order valence-corrected chi connectivity index (χ4v) is 2.91. The lowest BCUT2D eigenvalue weighted by Crippen LogP contribution is -2.13. The van der Waals surface area contributed by atoms with Crippen LogP contribution in [0.2, 0.25) is 0 Å². The first kappa shape index (κ1) is 14.8. The number of para-hydroxylation sites is 2. The van der Waals surface area contributed by atoms with E-state index in [0.717, 1.165) is 6.07 Å². The second-order valence-corrected chi connectivity index (χ2v) is 6.42. The molecule has 0 saturated carbocycles. The summed E-state index contributed by atoms with van der Waals surface area (Å²) in [4.78, 5) is -0.163. The average Bonchev–Trinajstić information content (AvgIpc) is 2.42. The van der Waals surface area contributed by atoms with E-state index in [1.807, 2.05) is 0 Å². The van der Waals surface area contributed by atoms with E-state index in [-0.39, 0.29) is 9.37 Å². The van der Waals surface area contributed by atoms with E-state index < -0.39 is 15.8 Å². The van der Waals surface area contributed by atoms with E-state index in [1.54, 1.807) is 24.3 Å². The van der Waals surface area contributed by atoms with Gasteiger partial charge in [0.1, 0.15) is 11.6 Å². The molecule has 20 heavy (non-hydrogen) atoms. The Labute approximate surface area is 124 Å². The molecular weight excluding hydrogens is 349 g/mol. The van der Waals surface area contributed by atoms with Gasteiger partial charge in [0.15, 0.2) is 0 Å². The summed E-state index contributed by atoms with van der Waals surface area (Å²) in [6.45, 7) is 0. The maximum Gasteiger partial charge on any atom is 0.262 e. The number of benzene rings is 2. The number of ether oxygens (including phenoxy) is 1. The van der Waals surface area contributed by atoms with Crippen molar-refractivity contribution >= 4 is 31.6 Å². The van der Waals surface area contributed by atoms with Crippen molar-refractivity contribution in [3.05, 3.63) is 52.8 Å². The molecule has 2 aromatic rings. The van der Waals surface area contributed by atoms with Crippen LogP contribution < -0.4 is 9.46 Å². The van der Waals surface area contributed by atoms with Gasteiger partial charge >= 0.3 is 0 Å². The number of hydrogen-bond acceptors (Lipinski definition) is 3. The van der Waals surface area contributed by atoms with E-state index in [0.29, 0.717) is 11.4 Å². The molecule has 0 aromatic heterocycles. The van der Waals surface area contributed by atoms with Crippen LogP contribution in [0.15, 0.2) is 51.8 Å². The zero-order valence-electron chi connectivity index (χ0n) is 10.4. The lowest BCUT2D eigenvalue weighted by atomic mass is 10.3. The standard InChI is InChI=1S/C13H11BrFNO3S/c1-19-13-5-3-2-4-12(13)16-20(17,18)9-6-7-10(14)11(15)8-9/h2-8,16H,1H3. The van der Waals surface area contributed by atoms with Crippen LogP contribution in [0.3, 0.4) is 0 Å².